The third-order valence-electron chi connectivity index (χ3n) is 2.61. The molecule has 2 N–H and O–H groups in total. The van der Waals surface area contributed by atoms with Crippen molar-refractivity contribution in [3.8, 4) is 0 Å². The molecule has 0 spiro atoms. The smallest absolute Gasteiger partial charge is 0.224 e. The van der Waals surface area contributed by atoms with Gasteiger partial charge in [-0.1, -0.05) is 23.7 Å². The molecule has 0 fully saturated rings. The third kappa shape index (κ3) is 2.71. The summed E-state index contributed by atoms with van der Waals surface area (Å²) in [4.78, 5) is 8.34. The Morgan fingerprint density at radius 1 is 1.22 bits per heavy atom. The van der Waals surface area contributed by atoms with Gasteiger partial charge in [0, 0.05) is 12.7 Å². The molecule has 0 saturated carbocycles. The first-order valence-corrected chi connectivity index (χ1v) is 6.02. The summed E-state index contributed by atoms with van der Waals surface area (Å²) in [7, 11) is 1.77. The molecule has 4 nitrogen and oxygen atoms in total. The average Bonchev–Trinajstić information content (AvgIpc) is 2.36. The summed E-state index contributed by atoms with van der Waals surface area (Å²) >= 11 is 6.08. The van der Waals surface area contributed by atoms with E-state index in [1.807, 2.05) is 13.8 Å². The minimum absolute atomic E-state index is 0.495. The molecule has 2 aromatic rings. The summed E-state index contributed by atoms with van der Waals surface area (Å²) < 4.78 is 0. The molecule has 2 rings (SSSR count). The second-order valence-electron chi connectivity index (χ2n) is 4.08. The van der Waals surface area contributed by atoms with Crippen molar-refractivity contribution < 1.29 is 0 Å². The van der Waals surface area contributed by atoms with Crippen molar-refractivity contribution in [1.29, 1.82) is 0 Å². The van der Waals surface area contributed by atoms with Gasteiger partial charge in [0.15, 0.2) is 5.82 Å². The van der Waals surface area contributed by atoms with E-state index < -0.39 is 0 Å². The molecule has 0 bridgehead atoms. The van der Waals surface area contributed by atoms with Gasteiger partial charge in [0.25, 0.3) is 0 Å². The van der Waals surface area contributed by atoms with Crippen LogP contribution in [0.4, 0.5) is 17.5 Å². The number of hydrogen-bond acceptors (Lipinski definition) is 4. The van der Waals surface area contributed by atoms with Crippen LogP contribution >= 0.6 is 11.6 Å². The van der Waals surface area contributed by atoms with E-state index in [1.54, 1.807) is 13.2 Å². The molecule has 0 aliphatic rings. The van der Waals surface area contributed by atoms with E-state index in [0.717, 1.165) is 11.3 Å². The summed E-state index contributed by atoms with van der Waals surface area (Å²) in [6, 6.07) is 6.19. The largest absolute Gasteiger partial charge is 0.357 e. The van der Waals surface area contributed by atoms with E-state index >= 15 is 0 Å². The Morgan fingerprint density at radius 3 is 2.72 bits per heavy atom. The number of rotatable bonds is 3. The SMILES string of the molecule is CNc1ncc(Cl)c(Nc2cc(C)ccc2C)n1. The lowest BCUT2D eigenvalue weighted by Crippen LogP contribution is -2.02. The number of benzene rings is 1. The topological polar surface area (TPSA) is 49.8 Å². The van der Waals surface area contributed by atoms with Crippen LogP contribution in [0.15, 0.2) is 24.4 Å². The van der Waals surface area contributed by atoms with Crippen molar-refractivity contribution in [3.63, 3.8) is 0 Å². The highest BCUT2D eigenvalue weighted by molar-refractivity contribution is 6.32. The van der Waals surface area contributed by atoms with Gasteiger partial charge >= 0.3 is 0 Å². The lowest BCUT2D eigenvalue weighted by molar-refractivity contribution is 1.15. The monoisotopic (exact) mass is 262 g/mol. The lowest BCUT2D eigenvalue weighted by Gasteiger charge is -2.11. The van der Waals surface area contributed by atoms with E-state index in [-0.39, 0.29) is 0 Å². The number of hydrogen-bond donors (Lipinski definition) is 2. The van der Waals surface area contributed by atoms with E-state index in [9.17, 15) is 0 Å². The predicted octanol–water partition coefficient (Wildman–Crippen LogP) is 3.53. The molecule has 0 unspecified atom stereocenters. The second kappa shape index (κ2) is 5.23. The summed E-state index contributed by atoms with van der Waals surface area (Å²) in [6.45, 7) is 4.08. The molecule has 1 heterocycles. The number of halogens is 1. The Balaban J connectivity index is 2.36. The highest BCUT2D eigenvalue weighted by Gasteiger charge is 2.06. The lowest BCUT2D eigenvalue weighted by atomic mass is 10.1. The minimum Gasteiger partial charge on any atom is -0.357 e. The molecule has 1 aromatic heterocycles. The summed E-state index contributed by atoms with van der Waals surface area (Å²) in [5.41, 5.74) is 3.32. The van der Waals surface area contributed by atoms with Crippen LogP contribution in [0, 0.1) is 13.8 Å². The molecule has 0 aliphatic heterocycles. The van der Waals surface area contributed by atoms with E-state index in [4.69, 9.17) is 11.6 Å². The molecule has 5 heteroatoms. The average molecular weight is 263 g/mol. The zero-order valence-corrected chi connectivity index (χ0v) is 11.3. The fourth-order valence-electron chi connectivity index (χ4n) is 1.57. The molecule has 0 atom stereocenters. The zero-order chi connectivity index (χ0) is 13.1. The van der Waals surface area contributed by atoms with Gasteiger partial charge in [-0.25, -0.2) is 4.98 Å². The number of anilines is 3. The Morgan fingerprint density at radius 2 is 2.00 bits per heavy atom. The van der Waals surface area contributed by atoms with Crippen molar-refractivity contribution in [2.75, 3.05) is 17.7 Å². The second-order valence-corrected chi connectivity index (χ2v) is 4.49. The van der Waals surface area contributed by atoms with Gasteiger partial charge in [-0.2, -0.15) is 4.98 Å². The standard InChI is InChI=1S/C13H15ClN4/c1-8-4-5-9(2)11(6-8)17-12-10(14)7-16-13(15-3)18-12/h4-7H,1-3H3,(H2,15,16,17,18). The van der Waals surface area contributed by atoms with Crippen molar-refractivity contribution in [2.45, 2.75) is 13.8 Å². The minimum atomic E-state index is 0.495. The molecular formula is C13H15ClN4. The first-order valence-electron chi connectivity index (χ1n) is 5.64. The van der Waals surface area contributed by atoms with Crippen LogP contribution in [0.1, 0.15) is 11.1 Å². The van der Waals surface area contributed by atoms with Crippen molar-refractivity contribution >= 4 is 29.1 Å². The molecule has 0 aliphatic carbocycles. The number of nitrogens with one attached hydrogen (secondary N) is 2. The Labute approximate surface area is 111 Å². The Bertz CT molecular complexity index is 569. The van der Waals surface area contributed by atoms with Gasteiger partial charge in [0.2, 0.25) is 5.95 Å². The molecule has 1 aromatic carbocycles. The molecule has 0 saturated heterocycles. The number of aromatic nitrogens is 2. The summed E-state index contributed by atoms with van der Waals surface area (Å²) in [6.07, 6.45) is 1.58. The Hall–Kier alpha value is -1.81. The van der Waals surface area contributed by atoms with Crippen LogP contribution in [0.2, 0.25) is 5.02 Å². The first-order chi connectivity index (χ1) is 8.60. The van der Waals surface area contributed by atoms with E-state index in [2.05, 4.69) is 38.8 Å². The zero-order valence-electron chi connectivity index (χ0n) is 10.6. The summed E-state index contributed by atoms with van der Waals surface area (Å²) in [5.74, 6) is 1.14. The highest BCUT2D eigenvalue weighted by Crippen LogP contribution is 2.26. The van der Waals surface area contributed by atoms with Crippen LogP contribution in [0.3, 0.4) is 0 Å². The number of nitrogens with zero attached hydrogens (tertiary/aromatic N) is 2. The maximum atomic E-state index is 6.08. The first kappa shape index (κ1) is 12.6. The predicted molar refractivity (Wildman–Crippen MR) is 75.8 cm³/mol. The maximum absolute atomic E-state index is 6.08. The van der Waals surface area contributed by atoms with Gasteiger partial charge < -0.3 is 10.6 Å². The van der Waals surface area contributed by atoms with Crippen LogP contribution < -0.4 is 10.6 Å². The molecule has 0 radical (unpaired) electrons. The highest BCUT2D eigenvalue weighted by atomic mass is 35.5. The molecular weight excluding hydrogens is 248 g/mol. The van der Waals surface area contributed by atoms with Crippen LogP contribution in [-0.2, 0) is 0 Å². The van der Waals surface area contributed by atoms with Gasteiger partial charge in [-0.3, -0.25) is 0 Å². The van der Waals surface area contributed by atoms with Crippen LogP contribution in [-0.4, -0.2) is 17.0 Å². The van der Waals surface area contributed by atoms with Crippen molar-refractivity contribution in [2.24, 2.45) is 0 Å². The van der Waals surface area contributed by atoms with Crippen LogP contribution in [0.25, 0.3) is 0 Å². The normalized spacial score (nSPS) is 10.2. The molecule has 94 valence electrons. The van der Waals surface area contributed by atoms with E-state index in [0.29, 0.717) is 16.8 Å². The van der Waals surface area contributed by atoms with Gasteiger partial charge in [-0.15, -0.1) is 0 Å². The fourth-order valence-corrected chi connectivity index (χ4v) is 1.71. The van der Waals surface area contributed by atoms with Crippen molar-refractivity contribution in [3.05, 3.63) is 40.5 Å². The Kier molecular flexibility index (Phi) is 3.67. The molecule has 18 heavy (non-hydrogen) atoms. The van der Waals surface area contributed by atoms with Gasteiger partial charge in [0.05, 0.1) is 6.20 Å². The third-order valence-corrected chi connectivity index (χ3v) is 2.89. The fraction of sp³-hybridized carbons (Fsp3) is 0.231. The molecule has 0 amide bonds. The van der Waals surface area contributed by atoms with Gasteiger partial charge in [-0.05, 0) is 31.0 Å². The quantitative estimate of drug-likeness (QED) is 0.888. The van der Waals surface area contributed by atoms with Gasteiger partial charge in [0.1, 0.15) is 5.02 Å². The maximum Gasteiger partial charge on any atom is 0.224 e. The summed E-state index contributed by atoms with van der Waals surface area (Å²) in [5, 5.41) is 6.61. The number of aryl methyl sites for hydroxylation is 2. The van der Waals surface area contributed by atoms with E-state index in [1.165, 1.54) is 5.56 Å². The van der Waals surface area contributed by atoms with Crippen LogP contribution in [0.5, 0.6) is 0 Å². The van der Waals surface area contributed by atoms with Crippen molar-refractivity contribution in [1.82, 2.24) is 9.97 Å².